The SMILES string of the molecule is O.O=C(O)c1cc([N+](=O)[O-])cc([N+](=O)[O-])c1[O-].[NH3+]c1cccc2c(O)cccc12. The van der Waals surface area contributed by atoms with Gasteiger partial charge in [-0.15, -0.1) is 0 Å². The van der Waals surface area contributed by atoms with Crippen LogP contribution in [0.4, 0.5) is 17.1 Å². The van der Waals surface area contributed by atoms with Crippen LogP contribution in [0.1, 0.15) is 10.4 Å². The number of non-ortho nitro benzene ring substituents is 1. The molecule has 0 radical (unpaired) electrons. The number of rotatable bonds is 3. The molecule has 3 aromatic rings. The summed E-state index contributed by atoms with van der Waals surface area (Å²) in [4.78, 5) is 29.1. The maximum atomic E-state index is 11.2. The standard InChI is InChI=1S/C10H9NO.C7H4N2O7.H2O/c11-9-5-1-4-8-7(9)3-2-6-10(8)12;10-6-4(7(11)12)1-3(8(13)14)2-5(6)9(15)16;/h1-6,12H,11H2;1-2,10H,(H,11,12);1H2. The molecule has 3 aromatic carbocycles. The molecule has 0 heterocycles. The van der Waals surface area contributed by atoms with Crippen LogP contribution in [0.25, 0.3) is 10.8 Å². The molecule has 0 amide bonds. The lowest BCUT2D eigenvalue weighted by molar-refractivity contribution is -0.403. The first kappa shape index (κ1) is 22.8. The van der Waals surface area contributed by atoms with Crippen LogP contribution in [0.5, 0.6) is 11.5 Å². The molecule has 7 N–H and O–H groups in total. The van der Waals surface area contributed by atoms with Crippen molar-refractivity contribution in [1.29, 1.82) is 0 Å². The zero-order chi connectivity index (χ0) is 21.0. The summed E-state index contributed by atoms with van der Waals surface area (Å²) in [7, 11) is 0. The zero-order valence-corrected chi connectivity index (χ0v) is 14.6. The Hall–Kier alpha value is -4.29. The number of fused-ring (bicyclic) bond motifs is 1. The molecule has 0 aliphatic carbocycles. The molecule has 0 saturated heterocycles. The fraction of sp³-hybridized carbons (Fsp3) is 0. The quantitative estimate of drug-likeness (QED) is 0.417. The highest BCUT2D eigenvalue weighted by atomic mass is 16.6. The number of aromatic hydroxyl groups is 1. The number of quaternary nitrogens is 1. The number of carboxylic acid groups (broad SMARTS) is 1. The Morgan fingerprint density at radius 1 is 0.966 bits per heavy atom. The van der Waals surface area contributed by atoms with Gasteiger partial charge in [0.2, 0.25) is 0 Å². The van der Waals surface area contributed by atoms with Gasteiger partial charge in [-0.3, -0.25) is 20.2 Å². The molecule has 0 spiro atoms. The third-order valence-corrected chi connectivity index (χ3v) is 3.68. The molecule has 0 aliphatic heterocycles. The van der Waals surface area contributed by atoms with E-state index in [-0.39, 0.29) is 5.48 Å². The number of nitrogens with zero attached hydrogens (tertiary/aromatic N) is 2. The predicted molar refractivity (Wildman–Crippen MR) is 97.9 cm³/mol. The van der Waals surface area contributed by atoms with Gasteiger partial charge in [-0.1, -0.05) is 18.2 Å². The normalized spacial score (nSPS) is 9.69. The highest BCUT2D eigenvalue weighted by Gasteiger charge is 2.21. The second kappa shape index (κ2) is 9.07. The van der Waals surface area contributed by atoms with Crippen LogP contribution in [0, 0.1) is 20.2 Å². The number of carboxylic acids is 1. The minimum atomic E-state index is -1.75. The van der Waals surface area contributed by atoms with Crippen LogP contribution >= 0.6 is 0 Å². The summed E-state index contributed by atoms with van der Waals surface area (Å²) in [6, 6.07) is 12.1. The third kappa shape index (κ3) is 4.91. The maximum absolute atomic E-state index is 11.2. The van der Waals surface area contributed by atoms with Gasteiger partial charge >= 0.3 is 5.97 Å². The van der Waals surface area contributed by atoms with E-state index in [4.69, 9.17) is 5.11 Å². The average molecular weight is 405 g/mol. The molecular formula is C17H15N3O9. The lowest BCUT2D eigenvalue weighted by Crippen LogP contribution is -2.40. The lowest BCUT2D eigenvalue weighted by atomic mass is 10.1. The largest absolute Gasteiger partial charge is 0.867 e. The van der Waals surface area contributed by atoms with Crippen molar-refractivity contribution in [2.45, 2.75) is 0 Å². The summed E-state index contributed by atoms with van der Waals surface area (Å²) in [6.45, 7) is 0. The van der Waals surface area contributed by atoms with E-state index in [2.05, 4.69) is 5.73 Å². The Bertz CT molecular complexity index is 1020. The van der Waals surface area contributed by atoms with Crippen LogP contribution < -0.4 is 10.8 Å². The highest BCUT2D eigenvalue weighted by Crippen LogP contribution is 2.32. The van der Waals surface area contributed by atoms with Crippen molar-refractivity contribution >= 4 is 33.8 Å². The first-order valence-corrected chi connectivity index (χ1v) is 7.53. The smallest absolute Gasteiger partial charge is 0.335 e. The van der Waals surface area contributed by atoms with E-state index in [1.165, 1.54) is 0 Å². The van der Waals surface area contributed by atoms with Crippen LogP contribution in [0.15, 0.2) is 48.5 Å². The van der Waals surface area contributed by atoms with Crippen LogP contribution in [0.2, 0.25) is 0 Å². The Kier molecular flexibility index (Phi) is 7.12. The minimum absolute atomic E-state index is 0. The second-order valence-corrected chi connectivity index (χ2v) is 5.45. The number of nitro groups is 2. The van der Waals surface area contributed by atoms with Crippen molar-refractivity contribution in [3.05, 3.63) is 74.3 Å². The summed E-state index contributed by atoms with van der Waals surface area (Å²) in [5.41, 5.74) is 1.88. The number of carbonyl (C=O) groups is 1. The van der Waals surface area contributed by atoms with Crippen molar-refractivity contribution in [1.82, 2.24) is 0 Å². The van der Waals surface area contributed by atoms with Crippen molar-refractivity contribution < 1.29 is 41.2 Å². The number of aromatic carboxylic acids is 1. The van der Waals surface area contributed by atoms with Gasteiger partial charge in [-0.25, -0.2) is 4.79 Å². The number of phenolic OH excluding ortho intramolecular Hbond substituents is 1. The molecule has 152 valence electrons. The Balaban J connectivity index is 0.000000289. The van der Waals surface area contributed by atoms with Gasteiger partial charge in [-0.2, -0.15) is 0 Å². The molecule has 0 fully saturated rings. The molecule has 12 nitrogen and oxygen atoms in total. The van der Waals surface area contributed by atoms with E-state index < -0.39 is 38.5 Å². The van der Waals surface area contributed by atoms with Crippen molar-refractivity contribution in [2.75, 3.05) is 0 Å². The molecule has 3 rings (SSSR count). The number of phenols is 1. The molecule has 0 aromatic heterocycles. The van der Waals surface area contributed by atoms with Crippen molar-refractivity contribution in [3.63, 3.8) is 0 Å². The van der Waals surface area contributed by atoms with Gasteiger partial charge in [0, 0.05) is 16.8 Å². The molecule has 12 heteroatoms. The van der Waals surface area contributed by atoms with E-state index in [9.17, 15) is 35.2 Å². The minimum Gasteiger partial charge on any atom is -0.867 e. The topological polar surface area (TPSA) is 226 Å². The molecule has 0 bridgehead atoms. The van der Waals surface area contributed by atoms with Gasteiger partial charge in [0.15, 0.2) is 0 Å². The number of hydrogen-bond acceptors (Lipinski definition) is 7. The van der Waals surface area contributed by atoms with Crippen molar-refractivity contribution in [3.8, 4) is 11.5 Å². The Morgan fingerprint density at radius 3 is 2.07 bits per heavy atom. The molecule has 29 heavy (non-hydrogen) atoms. The molecular weight excluding hydrogens is 390 g/mol. The molecule has 0 saturated carbocycles. The Labute approximate surface area is 161 Å². The molecule has 0 unspecified atom stereocenters. The van der Waals surface area contributed by atoms with E-state index in [1.54, 1.807) is 6.07 Å². The summed E-state index contributed by atoms with van der Waals surface area (Å²) in [5, 5.41) is 51.8. The third-order valence-electron chi connectivity index (χ3n) is 3.68. The van der Waals surface area contributed by atoms with Gasteiger partial charge in [-0.05, 0) is 23.9 Å². The van der Waals surface area contributed by atoms with Crippen LogP contribution in [0.3, 0.4) is 0 Å². The fourth-order valence-corrected chi connectivity index (χ4v) is 2.36. The zero-order valence-electron chi connectivity index (χ0n) is 14.6. The lowest BCUT2D eigenvalue weighted by Gasteiger charge is -2.09. The van der Waals surface area contributed by atoms with E-state index in [1.807, 2.05) is 30.3 Å². The maximum Gasteiger partial charge on any atom is 0.335 e. The van der Waals surface area contributed by atoms with E-state index in [0.29, 0.717) is 17.9 Å². The summed E-state index contributed by atoms with van der Waals surface area (Å²) in [6.07, 6.45) is 0. The van der Waals surface area contributed by atoms with Gasteiger partial charge in [0.25, 0.3) is 11.4 Å². The summed E-state index contributed by atoms with van der Waals surface area (Å²) >= 11 is 0. The van der Waals surface area contributed by atoms with E-state index in [0.717, 1.165) is 16.5 Å². The van der Waals surface area contributed by atoms with Crippen molar-refractivity contribution in [2.24, 2.45) is 0 Å². The average Bonchev–Trinajstić information content (AvgIpc) is 2.63. The number of nitro benzene ring substituents is 2. The predicted octanol–water partition coefficient (Wildman–Crippen LogP) is 0.869. The van der Waals surface area contributed by atoms with Gasteiger partial charge < -0.3 is 26.5 Å². The first-order valence-electron chi connectivity index (χ1n) is 7.53. The van der Waals surface area contributed by atoms with E-state index >= 15 is 0 Å². The second-order valence-electron chi connectivity index (χ2n) is 5.45. The van der Waals surface area contributed by atoms with Crippen LogP contribution in [-0.4, -0.2) is 31.5 Å². The molecule has 0 aliphatic rings. The van der Waals surface area contributed by atoms with Gasteiger partial charge in [0.05, 0.1) is 21.5 Å². The summed E-state index contributed by atoms with van der Waals surface area (Å²) < 4.78 is 0. The highest BCUT2D eigenvalue weighted by molar-refractivity contribution is 5.94. The molecule has 0 atom stereocenters. The first-order chi connectivity index (χ1) is 13.1. The number of hydrogen-bond donors (Lipinski definition) is 3. The van der Waals surface area contributed by atoms with Crippen LogP contribution in [-0.2, 0) is 0 Å². The van der Waals surface area contributed by atoms with Gasteiger partial charge in [0.1, 0.15) is 11.4 Å². The monoisotopic (exact) mass is 405 g/mol. The number of benzene rings is 3. The fourth-order valence-electron chi connectivity index (χ4n) is 2.36. The summed E-state index contributed by atoms with van der Waals surface area (Å²) in [5.74, 6) is -2.79. The Morgan fingerprint density at radius 2 is 1.55 bits per heavy atom.